The summed E-state index contributed by atoms with van der Waals surface area (Å²) < 4.78 is 44.0. The highest BCUT2D eigenvalue weighted by Gasteiger charge is 2.22. The van der Waals surface area contributed by atoms with E-state index in [1.54, 1.807) is 13.0 Å². The fourth-order valence-electron chi connectivity index (χ4n) is 2.36. The zero-order valence-electron chi connectivity index (χ0n) is 15.4. The average Bonchev–Trinajstić information content (AvgIpc) is 2.67. The Bertz CT molecular complexity index is 933. The largest absolute Gasteiger partial charge is 0.494 e. The summed E-state index contributed by atoms with van der Waals surface area (Å²) >= 11 is 0. The number of benzene rings is 2. The molecule has 1 N–H and O–H groups in total. The summed E-state index contributed by atoms with van der Waals surface area (Å²) in [5.41, 5.74) is 0.700. The molecule has 0 aliphatic carbocycles. The van der Waals surface area contributed by atoms with E-state index in [0.717, 1.165) is 0 Å². The van der Waals surface area contributed by atoms with Crippen LogP contribution in [0.5, 0.6) is 5.75 Å². The van der Waals surface area contributed by atoms with E-state index in [0.29, 0.717) is 10.0 Å². The van der Waals surface area contributed by atoms with Gasteiger partial charge in [0.05, 0.1) is 25.2 Å². The van der Waals surface area contributed by atoms with Gasteiger partial charge in [0, 0.05) is 12.6 Å². The fraction of sp³-hybridized carbons (Fsp3) is 0.278. The predicted molar refractivity (Wildman–Crippen MR) is 97.2 cm³/mol. The first-order valence-corrected chi connectivity index (χ1v) is 9.42. The highest BCUT2D eigenvalue weighted by atomic mass is 32.2. The van der Waals surface area contributed by atoms with Crippen molar-refractivity contribution < 1.29 is 27.2 Å². The molecular weight excluding hydrogens is 375 g/mol. The molecule has 0 bridgehead atoms. The molecule has 0 fully saturated rings. The summed E-state index contributed by atoms with van der Waals surface area (Å²) in [6.07, 6.45) is 0. The van der Waals surface area contributed by atoms with Crippen molar-refractivity contribution in [2.45, 2.75) is 17.9 Å². The van der Waals surface area contributed by atoms with Crippen molar-refractivity contribution in [3.63, 3.8) is 0 Å². The first-order valence-electron chi connectivity index (χ1n) is 7.98. The highest BCUT2D eigenvalue weighted by molar-refractivity contribution is 7.89. The number of hydrogen-bond acceptors (Lipinski definition) is 5. The van der Waals surface area contributed by atoms with Gasteiger partial charge in [0.15, 0.2) is 11.6 Å². The Kier molecular flexibility index (Phi) is 6.53. The van der Waals surface area contributed by atoms with Gasteiger partial charge in [0.25, 0.3) is 15.9 Å². The summed E-state index contributed by atoms with van der Waals surface area (Å²) in [6, 6.07) is 9.46. The van der Waals surface area contributed by atoms with E-state index in [-0.39, 0.29) is 16.2 Å². The van der Waals surface area contributed by atoms with E-state index >= 15 is 0 Å². The lowest BCUT2D eigenvalue weighted by atomic mass is 10.1. The molecule has 0 radical (unpaired) electrons. The van der Waals surface area contributed by atoms with Crippen LogP contribution in [0.1, 0.15) is 28.9 Å². The number of rotatable bonds is 7. The fourth-order valence-corrected chi connectivity index (χ4v) is 3.38. The van der Waals surface area contributed by atoms with Crippen LogP contribution >= 0.6 is 0 Å². The topological polar surface area (TPSA) is 84.9 Å². The summed E-state index contributed by atoms with van der Waals surface area (Å²) in [6.45, 7) is 1.69. The third-order valence-electron chi connectivity index (χ3n) is 4.01. The summed E-state index contributed by atoms with van der Waals surface area (Å²) in [4.78, 5) is 17.1. The smallest absolute Gasteiger partial charge is 0.264 e. The van der Waals surface area contributed by atoms with Crippen LogP contribution in [0.3, 0.4) is 0 Å². The Balaban J connectivity index is 2.21. The van der Waals surface area contributed by atoms with E-state index in [4.69, 9.17) is 9.57 Å². The van der Waals surface area contributed by atoms with Crippen LogP contribution in [-0.2, 0) is 14.9 Å². The van der Waals surface area contributed by atoms with Crippen LogP contribution < -0.4 is 10.1 Å². The Hall–Kier alpha value is -2.49. The third-order valence-corrected chi connectivity index (χ3v) is 5.69. The first-order chi connectivity index (χ1) is 12.7. The third kappa shape index (κ3) is 4.62. The van der Waals surface area contributed by atoms with Gasteiger partial charge in [0.1, 0.15) is 0 Å². The number of carbonyl (C=O) groups excluding carboxylic acids is 1. The summed E-state index contributed by atoms with van der Waals surface area (Å²) in [7, 11) is -0.0267. The second-order valence-corrected chi connectivity index (χ2v) is 7.65. The minimum absolute atomic E-state index is 0.0809. The van der Waals surface area contributed by atoms with E-state index in [2.05, 4.69) is 5.32 Å². The van der Waals surface area contributed by atoms with Crippen LogP contribution in [-0.4, -0.2) is 40.1 Å². The van der Waals surface area contributed by atoms with Crippen LogP contribution in [0.25, 0.3) is 0 Å². The van der Waals surface area contributed by atoms with Crippen molar-refractivity contribution in [1.29, 1.82) is 0 Å². The molecule has 0 saturated carbocycles. The number of amides is 1. The van der Waals surface area contributed by atoms with E-state index in [1.807, 2.05) is 0 Å². The van der Waals surface area contributed by atoms with Gasteiger partial charge in [-0.15, -0.1) is 0 Å². The van der Waals surface area contributed by atoms with Gasteiger partial charge in [-0.25, -0.2) is 12.8 Å². The predicted octanol–water partition coefficient (Wildman–Crippen LogP) is 2.51. The molecule has 0 heterocycles. The molecule has 146 valence electrons. The lowest BCUT2D eigenvalue weighted by Gasteiger charge is -2.17. The average molecular weight is 396 g/mol. The number of halogens is 1. The van der Waals surface area contributed by atoms with Crippen molar-refractivity contribution in [2.75, 3.05) is 21.3 Å². The second-order valence-electron chi connectivity index (χ2n) is 5.71. The molecule has 0 aromatic heterocycles. The quantitative estimate of drug-likeness (QED) is 0.727. The van der Waals surface area contributed by atoms with Crippen LogP contribution in [0.15, 0.2) is 47.4 Å². The number of hydroxylamine groups is 1. The monoisotopic (exact) mass is 396 g/mol. The number of nitrogens with zero attached hydrogens (tertiary/aromatic N) is 1. The molecule has 1 atom stereocenters. The number of ether oxygens (including phenoxy) is 1. The molecule has 0 spiro atoms. The summed E-state index contributed by atoms with van der Waals surface area (Å²) in [5, 5.41) is 2.71. The van der Waals surface area contributed by atoms with Gasteiger partial charge in [0.2, 0.25) is 0 Å². The van der Waals surface area contributed by atoms with Gasteiger partial charge >= 0.3 is 0 Å². The first kappa shape index (κ1) is 20.8. The molecule has 2 aromatic rings. The molecule has 0 aliphatic rings. The van der Waals surface area contributed by atoms with Crippen LogP contribution in [0, 0.1) is 5.82 Å². The van der Waals surface area contributed by atoms with E-state index in [9.17, 15) is 17.6 Å². The van der Waals surface area contributed by atoms with Crippen molar-refractivity contribution >= 4 is 15.9 Å². The molecule has 2 rings (SSSR count). The lowest BCUT2D eigenvalue weighted by molar-refractivity contribution is -0.0258. The van der Waals surface area contributed by atoms with Gasteiger partial charge in [-0.05, 0) is 42.8 Å². The number of carbonyl (C=O) groups is 1. The van der Waals surface area contributed by atoms with Gasteiger partial charge in [-0.2, -0.15) is 0 Å². The molecule has 1 amide bonds. The van der Waals surface area contributed by atoms with E-state index in [1.165, 1.54) is 57.7 Å². The zero-order valence-corrected chi connectivity index (χ0v) is 16.2. The Morgan fingerprint density at radius 2 is 1.89 bits per heavy atom. The number of hydrogen-bond donors (Lipinski definition) is 1. The molecule has 7 nitrogen and oxygen atoms in total. The number of methoxy groups -OCH3 is 1. The number of nitrogens with one attached hydrogen (secondary N) is 1. The zero-order chi connectivity index (χ0) is 20.2. The molecular formula is C18H21FN2O5S. The van der Waals surface area contributed by atoms with Gasteiger partial charge in [-0.1, -0.05) is 16.6 Å². The maximum Gasteiger partial charge on any atom is 0.264 e. The van der Waals surface area contributed by atoms with E-state index < -0.39 is 27.8 Å². The number of sulfonamides is 1. The maximum atomic E-state index is 13.8. The summed E-state index contributed by atoms with van der Waals surface area (Å²) in [5.74, 6) is -0.917. The SMILES string of the molecule is COc1ccc([C@@H](C)NC(=O)c2cccc(S(=O)(=O)N(C)OC)c2)cc1F. The standard InChI is InChI=1S/C18H21FN2O5S/c1-12(13-8-9-17(25-3)16(19)11-13)20-18(22)14-6-5-7-15(10-14)27(23,24)21(2)26-4/h5-12H,1-4H3,(H,20,22)/t12-/m1/s1. The van der Waals surface area contributed by atoms with Gasteiger partial charge < -0.3 is 10.1 Å². The van der Waals surface area contributed by atoms with Crippen molar-refractivity contribution in [2.24, 2.45) is 0 Å². The van der Waals surface area contributed by atoms with Crippen molar-refractivity contribution in [1.82, 2.24) is 9.79 Å². The van der Waals surface area contributed by atoms with Gasteiger partial charge in [-0.3, -0.25) is 9.63 Å². The minimum atomic E-state index is -3.87. The molecule has 2 aromatic carbocycles. The van der Waals surface area contributed by atoms with Crippen LogP contribution in [0.2, 0.25) is 0 Å². The molecule has 0 aliphatic heterocycles. The second kappa shape index (κ2) is 8.47. The Labute approximate surface area is 157 Å². The molecule has 9 heteroatoms. The molecule has 0 unspecified atom stereocenters. The Morgan fingerprint density at radius 1 is 1.19 bits per heavy atom. The minimum Gasteiger partial charge on any atom is -0.494 e. The van der Waals surface area contributed by atoms with Crippen LogP contribution in [0.4, 0.5) is 4.39 Å². The maximum absolute atomic E-state index is 13.8. The molecule has 27 heavy (non-hydrogen) atoms. The lowest BCUT2D eigenvalue weighted by Crippen LogP contribution is -2.28. The normalized spacial score (nSPS) is 12.7. The van der Waals surface area contributed by atoms with Crippen molar-refractivity contribution in [3.8, 4) is 5.75 Å². The Morgan fingerprint density at radius 3 is 2.48 bits per heavy atom. The highest BCUT2D eigenvalue weighted by Crippen LogP contribution is 2.22. The molecule has 0 saturated heterocycles. The van der Waals surface area contributed by atoms with Crippen molar-refractivity contribution in [3.05, 3.63) is 59.4 Å².